The van der Waals surface area contributed by atoms with Crippen LogP contribution in [-0.2, 0) is 10.5 Å². The normalized spacial score (nSPS) is 10.8. The number of carbonyl (C=O) groups is 1. The predicted molar refractivity (Wildman–Crippen MR) is 111 cm³/mol. The van der Waals surface area contributed by atoms with E-state index in [2.05, 4.69) is 17.1 Å². The molecule has 0 aliphatic heterocycles. The molecule has 0 spiro atoms. The Morgan fingerprint density at radius 2 is 1.96 bits per heavy atom. The molecule has 2 aromatic heterocycles. The van der Waals surface area contributed by atoms with Gasteiger partial charge in [0.25, 0.3) is 5.03 Å². The van der Waals surface area contributed by atoms with E-state index in [1.165, 1.54) is 34.9 Å². The van der Waals surface area contributed by atoms with Crippen molar-refractivity contribution in [1.29, 1.82) is 0 Å². The van der Waals surface area contributed by atoms with E-state index in [0.29, 0.717) is 15.9 Å². The van der Waals surface area contributed by atoms with Crippen LogP contribution >= 0.6 is 23.1 Å². The van der Waals surface area contributed by atoms with Gasteiger partial charge in [-0.1, -0.05) is 17.7 Å². The number of pyridine rings is 1. The Labute approximate surface area is 167 Å². The summed E-state index contributed by atoms with van der Waals surface area (Å²) in [7, 11) is 0. The average Bonchev–Trinajstić information content (AvgIpc) is 3.05. The van der Waals surface area contributed by atoms with Gasteiger partial charge in [-0.25, -0.2) is 4.98 Å². The molecule has 0 aliphatic carbocycles. The van der Waals surface area contributed by atoms with Gasteiger partial charge in [-0.3, -0.25) is 9.69 Å². The lowest BCUT2D eigenvalue weighted by molar-refractivity contribution is -0.645. The monoisotopic (exact) mass is 399 g/mol. The molecule has 0 saturated carbocycles. The molecule has 27 heavy (non-hydrogen) atoms. The first kappa shape index (κ1) is 19.4. The van der Waals surface area contributed by atoms with E-state index in [9.17, 15) is 10.0 Å². The van der Waals surface area contributed by atoms with Crippen molar-refractivity contribution < 1.29 is 9.52 Å². The molecule has 0 saturated heterocycles. The maximum absolute atomic E-state index is 12.4. The molecule has 5 nitrogen and oxygen atoms in total. The molecular weight excluding hydrogens is 378 g/mol. The topological polar surface area (TPSA) is 60.1 Å². The van der Waals surface area contributed by atoms with E-state index < -0.39 is 0 Å². The lowest BCUT2D eigenvalue weighted by Crippen LogP contribution is -2.27. The van der Waals surface area contributed by atoms with Crippen LogP contribution < -0.4 is 9.63 Å². The molecule has 1 amide bonds. The van der Waals surface area contributed by atoms with Gasteiger partial charge < -0.3 is 5.21 Å². The van der Waals surface area contributed by atoms with Gasteiger partial charge in [-0.15, -0.1) is 11.3 Å². The van der Waals surface area contributed by atoms with Gasteiger partial charge in [0.15, 0.2) is 11.3 Å². The van der Waals surface area contributed by atoms with E-state index in [1.807, 2.05) is 32.2 Å². The summed E-state index contributed by atoms with van der Waals surface area (Å²) in [6.07, 6.45) is 1.48. The molecule has 3 aromatic rings. The number of hydrogen-bond acceptors (Lipinski definition) is 5. The molecule has 0 bridgehead atoms. The predicted octanol–water partition coefficient (Wildman–Crippen LogP) is 4.68. The SMILES string of the molecule is CC(=O)N(c1nc(CSc2cccc[n+]2[O-])cs1)c1c(C)cc(C)cc1C. The standard InChI is InChI=1S/C20H21N3O2S2/c1-13-9-14(2)19(15(3)10-13)23(16(4)24)20-21-17(12-27-20)11-26-18-7-5-6-8-22(18)25/h5-10,12H,11H2,1-4H3. The molecule has 0 aliphatic rings. The maximum Gasteiger partial charge on any atom is 0.251 e. The molecule has 0 N–H and O–H groups in total. The first-order valence-corrected chi connectivity index (χ1v) is 10.4. The highest BCUT2D eigenvalue weighted by atomic mass is 32.2. The first-order chi connectivity index (χ1) is 12.9. The summed E-state index contributed by atoms with van der Waals surface area (Å²) < 4.78 is 0.846. The number of benzene rings is 1. The van der Waals surface area contributed by atoms with E-state index in [4.69, 9.17) is 0 Å². The molecule has 2 heterocycles. The zero-order valence-corrected chi connectivity index (χ0v) is 17.4. The zero-order valence-electron chi connectivity index (χ0n) is 15.7. The fraction of sp³-hybridized carbons (Fsp3) is 0.250. The van der Waals surface area contributed by atoms with Crippen molar-refractivity contribution >= 4 is 39.8 Å². The third-order valence-electron chi connectivity index (χ3n) is 4.06. The highest BCUT2D eigenvalue weighted by Crippen LogP contribution is 2.35. The van der Waals surface area contributed by atoms with Crippen LogP contribution in [0.3, 0.4) is 0 Å². The fourth-order valence-corrected chi connectivity index (χ4v) is 4.84. The quantitative estimate of drug-likeness (QED) is 0.355. The molecule has 0 atom stereocenters. The summed E-state index contributed by atoms with van der Waals surface area (Å²) in [5.74, 6) is 0.499. The molecule has 7 heteroatoms. The van der Waals surface area contributed by atoms with E-state index in [1.54, 1.807) is 24.0 Å². The second-order valence-corrected chi connectivity index (χ2v) is 8.21. The molecule has 140 valence electrons. The number of thioether (sulfide) groups is 1. The summed E-state index contributed by atoms with van der Waals surface area (Å²) in [4.78, 5) is 18.7. The third kappa shape index (κ3) is 4.31. The number of aromatic nitrogens is 2. The van der Waals surface area contributed by atoms with Crippen molar-refractivity contribution in [2.24, 2.45) is 0 Å². The molecule has 0 radical (unpaired) electrons. The van der Waals surface area contributed by atoms with Gasteiger partial charge in [0.05, 0.1) is 11.4 Å². The molecule has 3 rings (SSSR count). The second kappa shape index (κ2) is 8.10. The lowest BCUT2D eigenvalue weighted by atomic mass is 10.0. The minimum atomic E-state index is -0.0703. The number of aryl methyl sites for hydroxylation is 3. The van der Waals surface area contributed by atoms with Gasteiger partial charge in [0.2, 0.25) is 5.91 Å². The average molecular weight is 400 g/mol. The number of nitrogens with zero attached hydrogens (tertiary/aromatic N) is 3. The van der Waals surface area contributed by atoms with Gasteiger partial charge >= 0.3 is 0 Å². The Morgan fingerprint density at radius 3 is 2.59 bits per heavy atom. The van der Waals surface area contributed by atoms with Crippen LogP contribution in [0.2, 0.25) is 0 Å². The Bertz CT molecular complexity index is 962. The summed E-state index contributed by atoms with van der Waals surface area (Å²) >= 11 is 2.87. The lowest BCUT2D eigenvalue weighted by Gasteiger charge is -2.23. The van der Waals surface area contributed by atoms with Crippen molar-refractivity contribution in [3.05, 3.63) is 69.5 Å². The van der Waals surface area contributed by atoms with Gasteiger partial charge in [-0.2, -0.15) is 4.73 Å². The van der Waals surface area contributed by atoms with Crippen LogP contribution in [0.4, 0.5) is 10.8 Å². The number of amides is 1. The van der Waals surface area contributed by atoms with E-state index in [-0.39, 0.29) is 5.91 Å². The summed E-state index contributed by atoms with van der Waals surface area (Å²) in [6.45, 7) is 7.63. The smallest absolute Gasteiger partial charge is 0.251 e. The van der Waals surface area contributed by atoms with Crippen LogP contribution in [0, 0.1) is 26.0 Å². The molecular formula is C20H21N3O2S2. The van der Waals surface area contributed by atoms with Crippen LogP contribution in [0.15, 0.2) is 46.9 Å². The molecule has 0 fully saturated rings. The number of anilines is 2. The third-order valence-corrected chi connectivity index (χ3v) is 5.99. The second-order valence-electron chi connectivity index (χ2n) is 6.38. The Morgan fingerprint density at radius 1 is 1.26 bits per heavy atom. The maximum atomic E-state index is 12.4. The van der Waals surface area contributed by atoms with Crippen molar-refractivity contribution in [2.45, 2.75) is 38.5 Å². The Kier molecular flexibility index (Phi) is 5.82. The van der Waals surface area contributed by atoms with Crippen LogP contribution in [-0.4, -0.2) is 10.9 Å². The number of rotatable bonds is 5. The largest absolute Gasteiger partial charge is 0.618 e. The number of carbonyl (C=O) groups excluding carboxylic acids is 1. The van der Waals surface area contributed by atoms with Crippen LogP contribution in [0.5, 0.6) is 0 Å². The van der Waals surface area contributed by atoms with E-state index >= 15 is 0 Å². The van der Waals surface area contributed by atoms with Crippen molar-refractivity contribution in [3.63, 3.8) is 0 Å². The highest BCUT2D eigenvalue weighted by molar-refractivity contribution is 7.98. The number of hydrogen-bond donors (Lipinski definition) is 0. The summed E-state index contributed by atoms with van der Waals surface area (Å²) in [6, 6.07) is 9.47. The minimum absolute atomic E-state index is 0.0703. The highest BCUT2D eigenvalue weighted by Gasteiger charge is 2.22. The molecule has 1 aromatic carbocycles. The number of thiazole rings is 1. The Hall–Kier alpha value is -2.38. The van der Waals surface area contributed by atoms with Crippen molar-refractivity contribution in [2.75, 3.05) is 4.90 Å². The summed E-state index contributed by atoms with van der Waals surface area (Å²) in [5, 5.41) is 15.0. The minimum Gasteiger partial charge on any atom is -0.618 e. The van der Waals surface area contributed by atoms with Crippen LogP contribution in [0.1, 0.15) is 29.3 Å². The fourth-order valence-electron chi connectivity index (χ4n) is 3.05. The Balaban J connectivity index is 1.87. The van der Waals surface area contributed by atoms with E-state index in [0.717, 1.165) is 27.2 Å². The van der Waals surface area contributed by atoms with Gasteiger partial charge in [-0.05, 0) is 49.7 Å². The van der Waals surface area contributed by atoms with Gasteiger partial charge in [0.1, 0.15) is 0 Å². The van der Waals surface area contributed by atoms with Crippen molar-refractivity contribution in [3.8, 4) is 0 Å². The van der Waals surface area contributed by atoms with Crippen molar-refractivity contribution in [1.82, 2.24) is 4.98 Å². The van der Waals surface area contributed by atoms with Crippen LogP contribution in [0.25, 0.3) is 0 Å². The zero-order chi connectivity index (χ0) is 19.6. The van der Waals surface area contributed by atoms with Gasteiger partial charge in [0, 0.05) is 30.2 Å². The first-order valence-electron chi connectivity index (χ1n) is 8.50. The summed E-state index contributed by atoms with van der Waals surface area (Å²) in [5.41, 5.74) is 5.00. The molecule has 0 unspecified atom stereocenters.